The molecule has 0 unspecified atom stereocenters. The van der Waals surface area contributed by atoms with Gasteiger partial charge in [-0.2, -0.15) is 4.31 Å². The Balaban J connectivity index is 2.24. The van der Waals surface area contributed by atoms with Gasteiger partial charge in [-0.25, -0.2) is 13.4 Å². The van der Waals surface area contributed by atoms with E-state index in [9.17, 15) is 13.5 Å². The summed E-state index contributed by atoms with van der Waals surface area (Å²) in [6.45, 7) is 0.860. The van der Waals surface area contributed by atoms with Crippen molar-refractivity contribution < 1.29 is 13.5 Å². The van der Waals surface area contributed by atoms with Crippen molar-refractivity contribution in [2.75, 3.05) is 20.1 Å². The van der Waals surface area contributed by atoms with Gasteiger partial charge in [0.05, 0.1) is 24.7 Å². The maximum atomic E-state index is 12.0. The Hall–Kier alpha value is -0.960. The van der Waals surface area contributed by atoms with Crippen LogP contribution in [0.15, 0.2) is 17.6 Å². The Morgan fingerprint density at radius 3 is 2.81 bits per heavy atom. The van der Waals surface area contributed by atoms with Crippen LogP contribution in [0.2, 0.25) is 0 Å². The fourth-order valence-electron chi connectivity index (χ4n) is 1.74. The molecule has 1 aromatic heterocycles. The van der Waals surface area contributed by atoms with Gasteiger partial charge in [0.1, 0.15) is 0 Å². The van der Waals surface area contributed by atoms with Gasteiger partial charge in [-0.15, -0.1) is 0 Å². The minimum atomic E-state index is -3.60. The molecule has 2 rings (SSSR count). The lowest BCUT2D eigenvalue weighted by Gasteiger charge is -2.24. The smallest absolute Gasteiger partial charge is 0.260 e. The fourth-order valence-corrected chi connectivity index (χ4v) is 3.02. The average molecular weight is 246 g/mol. The topological polar surface area (TPSA) is 98.3 Å². The monoisotopic (exact) mass is 246 g/mol. The van der Waals surface area contributed by atoms with Crippen LogP contribution in [0, 0.1) is 0 Å². The zero-order valence-electron chi connectivity index (χ0n) is 8.79. The zero-order valence-corrected chi connectivity index (χ0v) is 9.61. The van der Waals surface area contributed by atoms with Crippen molar-refractivity contribution >= 4 is 10.0 Å². The lowest BCUT2D eigenvalue weighted by Crippen LogP contribution is -2.44. The van der Waals surface area contributed by atoms with Gasteiger partial charge in [0.2, 0.25) is 0 Å². The number of rotatable bonds is 3. The first-order valence-electron chi connectivity index (χ1n) is 4.88. The van der Waals surface area contributed by atoms with Crippen LogP contribution in [0.4, 0.5) is 0 Å². The number of likely N-dealkylation sites (N-methyl/N-ethyl adjacent to an activating group) is 1. The molecule has 2 heterocycles. The highest BCUT2D eigenvalue weighted by Gasteiger charge is 2.36. The Bertz CT molecular complexity index is 444. The largest absolute Gasteiger partial charge is 0.390 e. The molecule has 0 aliphatic carbocycles. The average Bonchev–Trinajstić information content (AvgIpc) is 2.86. The molecule has 1 aliphatic heterocycles. The summed E-state index contributed by atoms with van der Waals surface area (Å²) in [5.41, 5.74) is 0. The molecule has 16 heavy (non-hydrogen) atoms. The normalized spacial score (nSPS) is 26.4. The van der Waals surface area contributed by atoms with Crippen LogP contribution in [-0.2, 0) is 10.0 Å². The number of aliphatic hydroxyl groups excluding tert-OH is 1. The third-order valence-electron chi connectivity index (χ3n) is 2.75. The molecule has 1 fully saturated rings. The molecule has 7 nitrogen and oxygen atoms in total. The molecule has 0 spiro atoms. The van der Waals surface area contributed by atoms with Gasteiger partial charge in [-0.1, -0.05) is 0 Å². The van der Waals surface area contributed by atoms with Crippen LogP contribution in [0.1, 0.15) is 0 Å². The third-order valence-corrected chi connectivity index (χ3v) is 4.56. The zero-order chi connectivity index (χ0) is 11.8. The lowest BCUT2D eigenvalue weighted by atomic mass is 10.2. The number of nitrogens with zero attached hydrogens (tertiary/aromatic N) is 2. The molecule has 0 saturated carbocycles. The number of imidazole rings is 1. The SMILES string of the molecule is CN([C@@H]1CNC[C@H]1O)S(=O)(=O)c1cnc[nH]1. The van der Waals surface area contributed by atoms with E-state index in [2.05, 4.69) is 15.3 Å². The predicted octanol–water partition coefficient (Wildman–Crippen LogP) is -1.64. The molecule has 1 saturated heterocycles. The van der Waals surface area contributed by atoms with E-state index in [4.69, 9.17) is 0 Å². The minimum Gasteiger partial charge on any atom is -0.390 e. The Kier molecular flexibility index (Phi) is 2.98. The van der Waals surface area contributed by atoms with Crippen molar-refractivity contribution in [3.8, 4) is 0 Å². The highest BCUT2D eigenvalue weighted by molar-refractivity contribution is 7.89. The Labute approximate surface area is 93.5 Å². The fraction of sp³-hybridized carbons (Fsp3) is 0.625. The lowest BCUT2D eigenvalue weighted by molar-refractivity contribution is 0.136. The summed E-state index contributed by atoms with van der Waals surface area (Å²) in [5, 5.41) is 12.6. The van der Waals surface area contributed by atoms with E-state index in [1.807, 2.05) is 0 Å². The van der Waals surface area contributed by atoms with Crippen LogP contribution >= 0.6 is 0 Å². The maximum absolute atomic E-state index is 12.0. The summed E-state index contributed by atoms with van der Waals surface area (Å²) >= 11 is 0. The van der Waals surface area contributed by atoms with Crippen LogP contribution in [0.3, 0.4) is 0 Å². The standard InChI is InChI=1S/C8H14N4O3S/c1-12(6-2-9-3-7(6)13)16(14,15)8-4-10-5-11-8/h4-7,9,13H,2-3H2,1H3,(H,10,11)/t6-,7-/m1/s1. The van der Waals surface area contributed by atoms with Crippen molar-refractivity contribution in [2.45, 2.75) is 17.2 Å². The molecule has 1 aliphatic rings. The first-order chi connectivity index (χ1) is 7.53. The van der Waals surface area contributed by atoms with Crippen LogP contribution in [0.5, 0.6) is 0 Å². The summed E-state index contributed by atoms with van der Waals surface area (Å²) in [6.07, 6.45) is 1.88. The molecule has 90 valence electrons. The van der Waals surface area contributed by atoms with Crippen LogP contribution in [-0.4, -0.2) is 60.1 Å². The van der Waals surface area contributed by atoms with E-state index in [-0.39, 0.29) is 5.03 Å². The number of hydrogen-bond donors (Lipinski definition) is 3. The molecule has 0 amide bonds. The van der Waals surface area contributed by atoms with Gasteiger partial charge < -0.3 is 15.4 Å². The molecule has 0 radical (unpaired) electrons. The van der Waals surface area contributed by atoms with E-state index in [0.717, 1.165) is 0 Å². The predicted molar refractivity (Wildman–Crippen MR) is 56.2 cm³/mol. The highest BCUT2D eigenvalue weighted by Crippen LogP contribution is 2.17. The van der Waals surface area contributed by atoms with Gasteiger partial charge in [-0.3, -0.25) is 0 Å². The summed E-state index contributed by atoms with van der Waals surface area (Å²) in [6, 6.07) is -0.437. The molecular formula is C8H14N4O3S. The van der Waals surface area contributed by atoms with Gasteiger partial charge in [0.15, 0.2) is 5.03 Å². The maximum Gasteiger partial charge on any atom is 0.260 e. The van der Waals surface area contributed by atoms with Crippen molar-refractivity contribution in [1.29, 1.82) is 0 Å². The molecule has 0 aromatic carbocycles. The molecule has 8 heteroatoms. The van der Waals surface area contributed by atoms with E-state index < -0.39 is 22.2 Å². The van der Waals surface area contributed by atoms with Gasteiger partial charge in [0.25, 0.3) is 10.0 Å². The number of sulfonamides is 1. The summed E-state index contributed by atoms with van der Waals surface area (Å²) in [5.74, 6) is 0. The minimum absolute atomic E-state index is 0.0362. The molecule has 3 N–H and O–H groups in total. The number of β-amino-alcohol motifs (C(OH)–C–C–N with tert-alkyl or cyclic N) is 1. The number of nitrogens with one attached hydrogen (secondary N) is 2. The van der Waals surface area contributed by atoms with Crippen molar-refractivity contribution in [3.05, 3.63) is 12.5 Å². The quantitative estimate of drug-likeness (QED) is 0.594. The highest BCUT2D eigenvalue weighted by atomic mass is 32.2. The molecule has 0 bridgehead atoms. The number of H-pyrrole nitrogens is 1. The second-order valence-electron chi connectivity index (χ2n) is 3.73. The third kappa shape index (κ3) is 1.84. The second kappa shape index (κ2) is 4.13. The number of aromatic amines is 1. The number of aromatic nitrogens is 2. The van der Waals surface area contributed by atoms with Gasteiger partial charge in [0, 0.05) is 20.1 Å². The second-order valence-corrected chi connectivity index (χ2v) is 5.70. The Morgan fingerprint density at radius 1 is 1.56 bits per heavy atom. The van der Waals surface area contributed by atoms with E-state index in [1.165, 1.54) is 23.9 Å². The van der Waals surface area contributed by atoms with Crippen LogP contribution < -0.4 is 5.32 Å². The number of aliphatic hydroxyl groups is 1. The van der Waals surface area contributed by atoms with Gasteiger partial charge in [-0.05, 0) is 0 Å². The van der Waals surface area contributed by atoms with Crippen molar-refractivity contribution in [3.63, 3.8) is 0 Å². The van der Waals surface area contributed by atoms with Crippen LogP contribution in [0.25, 0.3) is 0 Å². The van der Waals surface area contributed by atoms with E-state index in [1.54, 1.807) is 0 Å². The Morgan fingerprint density at radius 2 is 2.31 bits per heavy atom. The first-order valence-corrected chi connectivity index (χ1v) is 6.32. The summed E-state index contributed by atoms with van der Waals surface area (Å²) in [4.78, 5) is 6.23. The first kappa shape index (κ1) is 11.5. The van der Waals surface area contributed by atoms with E-state index >= 15 is 0 Å². The van der Waals surface area contributed by atoms with Crippen molar-refractivity contribution in [2.24, 2.45) is 0 Å². The van der Waals surface area contributed by atoms with Crippen molar-refractivity contribution in [1.82, 2.24) is 19.6 Å². The molecule has 2 atom stereocenters. The van der Waals surface area contributed by atoms with E-state index in [0.29, 0.717) is 13.1 Å². The summed E-state index contributed by atoms with van der Waals surface area (Å²) < 4.78 is 25.3. The van der Waals surface area contributed by atoms with Gasteiger partial charge >= 0.3 is 0 Å². The molecule has 1 aromatic rings. The number of hydrogen-bond acceptors (Lipinski definition) is 5. The molecular weight excluding hydrogens is 232 g/mol. The summed E-state index contributed by atoms with van der Waals surface area (Å²) in [7, 11) is -2.14.